The van der Waals surface area contributed by atoms with E-state index in [-0.39, 0.29) is 5.82 Å². The predicted octanol–water partition coefficient (Wildman–Crippen LogP) is 5.84. The Morgan fingerprint density at radius 1 is 1.15 bits per heavy atom. The highest BCUT2D eigenvalue weighted by Crippen LogP contribution is 2.36. The second-order valence-corrected chi connectivity index (χ2v) is 10.0. The lowest BCUT2D eigenvalue weighted by molar-refractivity contribution is 0.561. The van der Waals surface area contributed by atoms with Gasteiger partial charge in [-0.3, -0.25) is 0 Å². The van der Waals surface area contributed by atoms with Crippen LogP contribution in [0, 0.1) is 17.7 Å². The van der Waals surface area contributed by atoms with Gasteiger partial charge in [0.1, 0.15) is 21.9 Å². The van der Waals surface area contributed by atoms with Crippen molar-refractivity contribution in [3.63, 3.8) is 0 Å². The highest BCUT2D eigenvalue weighted by Gasteiger charge is 2.27. The Kier molecular flexibility index (Phi) is 5.12. The van der Waals surface area contributed by atoms with Gasteiger partial charge in [0.05, 0.1) is 5.71 Å². The monoisotopic (exact) mass is 385 g/mol. The van der Waals surface area contributed by atoms with Crippen LogP contribution in [0.1, 0.15) is 45.7 Å². The third kappa shape index (κ3) is 3.64. The Morgan fingerprint density at radius 2 is 1.85 bits per heavy atom. The first kappa shape index (κ1) is 18.9. The van der Waals surface area contributed by atoms with Gasteiger partial charge in [0.25, 0.3) is 0 Å². The molecule has 0 amide bonds. The zero-order chi connectivity index (χ0) is 19.1. The number of nitrogens with zero attached hydrogens (tertiary/aromatic N) is 1. The molecule has 26 heavy (non-hydrogen) atoms. The third-order valence-electron chi connectivity index (χ3n) is 3.96. The molecule has 1 aromatic heterocycles. The first-order valence-corrected chi connectivity index (χ1v) is 10.2. The molecule has 0 saturated heterocycles. The van der Waals surface area contributed by atoms with Gasteiger partial charge in [-0.1, -0.05) is 10.3 Å². The lowest BCUT2D eigenvalue weighted by Crippen LogP contribution is -2.26. The summed E-state index contributed by atoms with van der Waals surface area (Å²) in [4.78, 5) is 0. The average Bonchev–Trinajstić information content (AvgIpc) is 2.90. The maximum Gasteiger partial charge on any atom is 0.144 e. The van der Waals surface area contributed by atoms with E-state index in [1.807, 2.05) is 45.0 Å². The summed E-state index contributed by atoms with van der Waals surface area (Å²) in [5.41, 5.74) is 1.77. The molecule has 0 bridgehead atoms. The first-order chi connectivity index (χ1) is 12.2. The van der Waals surface area contributed by atoms with E-state index in [9.17, 15) is 8.94 Å². The largest absolute Gasteiger partial charge is 0.591 e. The number of fused-ring (bicyclic) bond motifs is 3. The maximum atomic E-state index is 14.7. The van der Waals surface area contributed by atoms with Crippen molar-refractivity contribution < 1.29 is 8.94 Å². The minimum absolute atomic E-state index is 0.343. The van der Waals surface area contributed by atoms with Gasteiger partial charge in [0.2, 0.25) is 0 Å². The van der Waals surface area contributed by atoms with Crippen molar-refractivity contribution >= 4 is 48.6 Å². The molecule has 0 fully saturated rings. The van der Waals surface area contributed by atoms with Gasteiger partial charge in [-0.15, -0.1) is 17.3 Å². The van der Waals surface area contributed by atoms with E-state index in [0.29, 0.717) is 11.3 Å². The van der Waals surface area contributed by atoms with Crippen molar-refractivity contribution in [2.24, 2.45) is 4.40 Å². The molecule has 0 spiro atoms. The van der Waals surface area contributed by atoms with Crippen LogP contribution in [-0.2, 0) is 11.4 Å². The van der Waals surface area contributed by atoms with Gasteiger partial charge < -0.3 is 4.55 Å². The van der Waals surface area contributed by atoms with E-state index in [1.165, 1.54) is 0 Å². The van der Waals surface area contributed by atoms with Crippen LogP contribution in [0.3, 0.4) is 0 Å². The van der Waals surface area contributed by atoms with Crippen LogP contribution in [0.2, 0.25) is 0 Å². The second kappa shape index (κ2) is 7.03. The summed E-state index contributed by atoms with van der Waals surface area (Å²) in [5.74, 6) is 5.62. The van der Waals surface area contributed by atoms with E-state index in [2.05, 4.69) is 16.2 Å². The zero-order valence-corrected chi connectivity index (χ0v) is 17.1. The summed E-state index contributed by atoms with van der Waals surface area (Å²) in [7, 11) is 0. The van der Waals surface area contributed by atoms with Gasteiger partial charge in [-0.2, -0.15) is 0 Å². The van der Waals surface area contributed by atoms with E-state index in [0.717, 1.165) is 25.7 Å². The van der Waals surface area contributed by atoms with Crippen LogP contribution in [0.15, 0.2) is 34.7 Å². The molecule has 3 rings (SSSR count). The number of rotatable bonds is 2. The Hall–Kier alpha value is -1.87. The second-order valence-electron chi connectivity index (χ2n) is 7.05. The molecule has 0 N–H and O–H groups in total. The normalized spacial score (nSPS) is 13.7. The molecule has 1 heterocycles. The predicted molar refractivity (Wildman–Crippen MR) is 112 cm³/mol. The summed E-state index contributed by atoms with van der Waals surface area (Å²) in [6, 6.07) is 9.38. The molecular formula is C21H20FNOS2. The summed E-state index contributed by atoms with van der Waals surface area (Å²) in [6.07, 6.45) is 0. The van der Waals surface area contributed by atoms with Gasteiger partial charge in [-0.05, 0) is 65.0 Å². The van der Waals surface area contributed by atoms with E-state index in [1.54, 1.807) is 31.3 Å². The van der Waals surface area contributed by atoms with Crippen molar-refractivity contribution in [2.45, 2.75) is 39.4 Å². The minimum Gasteiger partial charge on any atom is -0.591 e. The fourth-order valence-electron chi connectivity index (χ4n) is 2.61. The highest BCUT2D eigenvalue weighted by molar-refractivity contribution is 7.91. The highest BCUT2D eigenvalue weighted by atomic mass is 32.2. The van der Waals surface area contributed by atoms with Gasteiger partial charge >= 0.3 is 0 Å². The van der Waals surface area contributed by atoms with Crippen LogP contribution in [0.5, 0.6) is 0 Å². The van der Waals surface area contributed by atoms with Crippen LogP contribution >= 0.6 is 11.3 Å². The third-order valence-corrected chi connectivity index (χ3v) is 6.58. The fraction of sp³-hybridized carbons (Fsp3) is 0.286. The minimum atomic E-state index is -1.43. The van der Waals surface area contributed by atoms with E-state index < -0.39 is 16.1 Å². The van der Waals surface area contributed by atoms with Crippen molar-refractivity contribution in [1.82, 2.24) is 0 Å². The standard InChI is InChI=1S/C21H20FNOS2/c1-6-7-14-8-9-19-16(10-14)17-11-15(18(22)12-20(17)25-19)13(2)23-26(24)21(3,4)5/h8-12H,1-5H3. The molecule has 1 atom stereocenters. The summed E-state index contributed by atoms with van der Waals surface area (Å²) in [6.45, 7) is 9.06. The first-order valence-electron chi connectivity index (χ1n) is 8.27. The molecule has 1 unspecified atom stereocenters. The Morgan fingerprint density at radius 3 is 2.50 bits per heavy atom. The van der Waals surface area contributed by atoms with E-state index in [4.69, 9.17) is 0 Å². The van der Waals surface area contributed by atoms with Crippen LogP contribution in [-0.4, -0.2) is 15.0 Å². The quantitative estimate of drug-likeness (QED) is 0.310. The summed E-state index contributed by atoms with van der Waals surface area (Å²) < 4.78 is 32.7. The number of hydrogen-bond donors (Lipinski definition) is 0. The van der Waals surface area contributed by atoms with Crippen molar-refractivity contribution in [1.29, 1.82) is 0 Å². The van der Waals surface area contributed by atoms with Crippen molar-refractivity contribution in [2.75, 3.05) is 0 Å². The van der Waals surface area contributed by atoms with Crippen molar-refractivity contribution in [3.05, 3.63) is 47.3 Å². The fourth-order valence-corrected chi connectivity index (χ4v) is 4.32. The molecule has 0 saturated carbocycles. The molecule has 5 heteroatoms. The molecule has 0 aliphatic heterocycles. The molecule has 0 radical (unpaired) electrons. The Balaban J connectivity index is 2.19. The van der Waals surface area contributed by atoms with E-state index >= 15 is 0 Å². The summed E-state index contributed by atoms with van der Waals surface area (Å²) >= 11 is 0.125. The number of benzene rings is 2. The smallest absolute Gasteiger partial charge is 0.144 e. The Bertz CT molecular complexity index is 1080. The molecule has 2 nitrogen and oxygen atoms in total. The number of thiophene rings is 1. The van der Waals surface area contributed by atoms with Crippen LogP contribution in [0.25, 0.3) is 20.2 Å². The molecule has 0 aliphatic carbocycles. The van der Waals surface area contributed by atoms with Crippen molar-refractivity contribution in [3.8, 4) is 11.8 Å². The Labute approximate surface area is 160 Å². The van der Waals surface area contributed by atoms with Gasteiger partial charge in [-0.25, -0.2) is 4.39 Å². The topological polar surface area (TPSA) is 35.4 Å². The SMILES string of the molecule is CC#Cc1ccc2sc3cc(F)c(C(C)=N[S+]([O-])C(C)(C)C)cc3c2c1. The lowest BCUT2D eigenvalue weighted by Gasteiger charge is -2.18. The molecule has 0 aliphatic rings. The molecular weight excluding hydrogens is 365 g/mol. The summed E-state index contributed by atoms with van der Waals surface area (Å²) in [5, 5.41) is 2.02. The van der Waals surface area contributed by atoms with Crippen LogP contribution < -0.4 is 0 Å². The lowest BCUT2D eigenvalue weighted by atomic mass is 10.0. The molecule has 134 valence electrons. The van der Waals surface area contributed by atoms with Gasteiger partial charge in [0.15, 0.2) is 0 Å². The maximum absolute atomic E-state index is 14.7. The average molecular weight is 386 g/mol. The molecule has 3 aromatic rings. The number of hydrogen-bond acceptors (Lipinski definition) is 3. The van der Waals surface area contributed by atoms with Crippen LogP contribution in [0.4, 0.5) is 4.39 Å². The zero-order valence-electron chi connectivity index (χ0n) is 15.4. The van der Waals surface area contributed by atoms with Gasteiger partial charge in [0, 0.05) is 31.3 Å². The molecule has 2 aromatic carbocycles. The number of halogens is 1.